The van der Waals surface area contributed by atoms with Crippen LogP contribution in [0.4, 0.5) is 0 Å². The molecule has 1 unspecified atom stereocenters. The highest BCUT2D eigenvalue weighted by atomic mass is 16.6. The summed E-state index contributed by atoms with van der Waals surface area (Å²) in [7, 11) is 20.7. The fraction of sp³-hybridized carbons (Fsp3) is 0.481. The Morgan fingerprint density at radius 3 is 1.31 bits per heavy atom. The van der Waals surface area contributed by atoms with E-state index < -0.39 is 11.9 Å². The second kappa shape index (κ2) is 23.9. The number of carbonyl (C=O) groups is 2. The molecule has 0 bridgehead atoms. The second-order valence-electron chi connectivity index (χ2n) is 18.0. The minimum Gasteiger partial charge on any atom is -0.493 e. The highest BCUT2D eigenvalue weighted by molar-refractivity contribution is 5.91. The number of nitrogens with zero attached hydrogens (tertiary/aromatic N) is 2. The van der Waals surface area contributed by atoms with Crippen molar-refractivity contribution in [3.05, 3.63) is 94.1 Å². The normalized spacial score (nSPS) is 19.3. The number of hydrogen-bond acceptors (Lipinski definition) is 14. The molecule has 4 atom stereocenters. The smallest absolute Gasteiger partial charge is 0.331 e. The molecule has 0 radical (unpaired) electrons. The predicted octanol–water partition coefficient (Wildman–Crippen LogP) is 7.47. The fourth-order valence-electron chi connectivity index (χ4n) is 10.3. The summed E-state index contributed by atoms with van der Waals surface area (Å²) in [5, 5.41) is 0. The van der Waals surface area contributed by atoms with E-state index >= 15 is 0 Å². The highest BCUT2D eigenvalue weighted by Gasteiger charge is 2.42. The average molecular weight is 973 g/mol. The van der Waals surface area contributed by atoms with Gasteiger partial charge in [-0.2, -0.15) is 0 Å². The monoisotopic (exact) mass is 972 g/mol. The minimum absolute atomic E-state index is 0.00616. The van der Waals surface area contributed by atoms with Crippen LogP contribution < -0.4 is 47.4 Å². The molecule has 2 aliphatic heterocycles. The third-order valence-electron chi connectivity index (χ3n) is 14.1. The summed E-state index contributed by atoms with van der Waals surface area (Å²) in [6, 6.07) is 16.2. The van der Waals surface area contributed by atoms with Crippen molar-refractivity contribution in [2.45, 2.75) is 50.6 Å². The first kappa shape index (κ1) is 52.8. The Kier molecular flexibility index (Phi) is 18.0. The molecule has 0 saturated heterocycles. The van der Waals surface area contributed by atoms with Gasteiger partial charge in [0.25, 0.3) is 0 Å². The molecule has 6 rings (SSSR count). The Hall–Kier alpha value is -6.52. The molecular weight excluding hydrogens is 901 g/mol. The number of methoxy groups -OCH3 is 10. The predicted molar refractivity (Wildman–Crippen MR) is 264 cm³/mol. The summed E-state index contributed by atoms with van der Waals surface area (Å²) in [5.74, 6) is 4.90. The van der Waals surface area contributed by atoms with Crippen LogP contribution in [0.25, 0.3) is 0 Å². The number of esters is 2. The van der Waals surface area contributed by atoms with Crippen LogP contribution in [0.1, 0.15) is 58.3 Å². The molecule has 0 aliphatic carbocycles. The van der Waals surface area contributed by atoms with Crippen molar-refractivity contribution in [1.82, 2.24) is 0 Å². The maximum atomic E-state index is 12.9. The van der Waals surface area contributed by atoms with E-state index in [1.54, 1.807) is 71.1 Å². The topological polar surface area (TPSA) is 145 Å². The van der Waals surface area contributed by atoms with Gasteiger partial charge in [-0.3, -0.25) is 0 Å². The Bertz CT molecular complexity index is 2470. The maximum absolute atomic E-state index is 12.9. The van der Waals surface area contributed by atoms with Crippen molar-refractivity contribution in [1.29, 1.82) is 0 Å². The fourth-order valence-corrected chi connectivity index (χ4v) is 10.3. The Morgan fingerprint density at radius 2 is 0.900 bits per heavy atom. The van der Waals surface area contributed by atoms with Gasteiger partial charge in [-0.05, 0) is 59.2 Å². The van der Waals surface area contributed by atoms with Gasteiger partial charge in [0.05, 0.1) is 125 Å². The Balaban J connectivity index is 1.07. The van der Waals surface area contributed by atoms with Crippen molar-refractivity contribution in [2.75, 3.05) is 125 Å². The summed E-state index contributed by atoms with van der Waals surface area (Å²) < 4.78 is 69.6. The lowest BCUT2D eigenvalue weighted by Crippen LogP contribution is -2.52. The van der Waals surface area contributed by atoms with Crippen molar-refractivity contribution in [3.8, 4) is 57.5 Å². The largest absolute Gasteiger partial charge is 0.493 e. The summed E-state index contributed by atoms with van der Waals surface area (Å²) in [6.45, 7) is 3.46. The van der Waals surface area contributed by atoms with E-state index in [0.29, 0.717) is 98.7 Å². The molecule has 2 aliphatic rings. The zero-order valence-electron chi connectivity index (χ0n) is 43.0. The molecule has 4 aromatic carbocycles. The van der Waals surface area contributed by atoms with Crippen molar-refractivity contribution in [3.63, 3.8) is 0 Å². The van der Waals surface area contributed by atoms with E-state index in [1.165, 1.54) is 11.1 Å². The van der Waals surface area contributed by atoms with Gasteiger partial charge in [0.2, 0.25) is 11.5 Å². The molecule has 0 N–H and O–H groups in total. The van der Waals surface area contributed by atoms with Gasteiger partial charge in [0.15, 0.2) is 46.0 Å². The minimum atomic E-state index is -0.612. The molecule has 2 heterocycles. The van der Waals surface area contributed by atoms with Gasteiger partial charge in [-0.25, -0.2) is 9.59 Å². The number of likely N-dealkylation sites (N-methyl/N-ethyl adjacent to an activating group) is 2. The van der Waals surface area contributed by atoms with E-state index in [0.717, 1.165) is 66.9 Å². The van der Waals surface area contributed by atoms with Crippen LogP contribution in [0.3, 0.4) is 0 Å². The molecule has 0 aromatic heterocycles. The summed E-state index contributed by atoms with van der Waals surface area (Å²) >= 11 is 0. The summed E-state index contributed by atoms with van der Waals surface area (Å²) in [4.78, 5) is 25.8. The maximum Gasteiger partial charge on any atom is 0.331 e. The third-order valence-corrected chi connectivity index (χ3v) is 14.1. The molecular formula is C54H72N2O14+2. The van der Waals surface area contributed by atoms with E-state index in [4.69, 9.17) is 56.8 Å². The van der Waals surface area contributed by atoms with E-state index in [2.05, 4.69) is 38.4 Å². The number of rotatable bonds is 24. The Morgan fingerprint density at radius 1 is 0.486 bits per heavy atom. The van der Waals surface area contributed by atoms with Gasteiger partial charge in [0.1, 0.15) is 12.1 Å². The second-order valence-corrected chi connectivity index (χ2v) is 18.0. The van der Waals surface area contributed by atoms with Crippen LogP contribution in [-0.4, -0.2) is 145 Å². The third kappa shape index (κ3) is 11.6. The van der Waals surface area contributed by atoms with Crippen LogP contribution in [0.5, 0.6) is 57.5 Å². The van der Waals surface area contributed by atoms with Gasteiger partial charge in [-0.1, -0.05) is 6.07 Å². The molecule has 4 aromatic rings. The van der Waals surface area contributed by atoms with Gasteiger partial charge < -0.3 is 65.8 Å². The molecule has 16 heteroatoms. The van der Waals surface area contributed by atoms with Crippen LogP contribution in [0.2, 0.25) is 0 Å². The SMILES string of the molecule is COc1cc2c(cc1OC)[C@@H](Cc1ccc(OC)c(OC)c1OC)[N+](C)(CCCOC(=O)/C=C/C(=O)OCCC[N@+]1(C)CCc3cc(OC)c(OC)cc3[C@H]1Cc1cc(OC)c(OC)c(OC)c1)CC2. The number of ether oxygens (including phenoxy) is 12. The standard InChI is InChI=1S/C54H72N2O14/c1-55(23-19-36-31-44(60-4)46(62-6)33-39(36)41(55)27-35-28-48(64-8)53(67-11)49(29-35)65-9)21-13-25-69-50(57)17-18-51(58)70-26-14-22-56(2)24-20-37-32-45(61-5)47(63-7)34-40(37)42(56)30-38-15-16-43(59-3)54(68-12)52(38)66-10/h15-18,28-29,31-34,41-42H,13-14,19-27,30H2,1-12H3/q+2/b18-17+/t41-,42-,55-,56?/m1/s1. The summed E-state index contributed by atoms with van der Waals surface area (Å²) in [5.41, 5.74) is 6.67. The summed E-state index contributed by atoms with van der Waals surface area (Å²) in [6.07, 6.45) is 6.38. The van der Waals surface area contributed by atoms with Crippen LogP contribution >= 0.6 is 0 Å². The lowest BCUT2D eigenvalue weighted by atomic mass is 9.85. The lowest BCUT2D eigenvalue weighted by Gasteiger charge is -2.46. The lowest BCUT2D eigenvalue weighted by molar-refractivity contribution is -0.941. The molecule has 0 saturated carbocycles. The van der Waals surface area contributed by atoms with Crippen LogP contribution in [-0.2, 0) is 44.7 Å². The quantitative estimate of drug-likeness (QED) is 0.0296. The zero-order valence-corrected chi connectivity index (χ0v) is 43.0. The molecule has 0 amide bonds. The number of fused-ring (bicyclic) bond motifs is 2. The first-order valence-electron chi connectivity index (χ1n) is 23.5. The van der Waals surface area contributed by atoms with Gasteiger partial charge in [-0.15, -0.1) is 0 Å². The average Bonchev–Trinajstić information content (AvgIpc) is 3.38. The van der Waals surface area contributed by atoms with E-state index in [1.807, 2.05) is 24.3 Å². The molecule has 16 nitrogen and oxygen atoms in total. The molecule has 380 valence electrons. The van der Waals surface area contributed by atoms with E-state index in [9.17, 15) is 9.59 Å². The molecule has 0 spiro atoms. The highest BCUT2D eigenvalue weighted by Crippen LogP contribution is 2.48. The number of carbonyl (C=O) groups excluding carboxylic acids is 2. The van der Waals surface area contributed by atoms with Crippen molar-refractivity contribution >= 4 is 11.9 Å². The van der Waals surface area contributed by atoms with Crippen LogP contribution in [0.15, 0.2) is 60.7 Å². The Labute approximate surface area is 412 Å². The van der Waals surface area contributed by atoms with E-state index in [-0.39, 0.29) is 25.3 Å². The zero-order chi connectivity index (χ0) is 50.6. The number of quaternary nitrogens is 2. The molecule has 70 heavy (non-hydrogen) atoms. The first-order valence-corrected chi connectivity index (χ1v) is 23.5. The molecule has 0 fully saturated rings. The number of hydrogen-bond donors (Lipinski definition) is 0. The van der Waals surface area contributed by atoms with Crippen LogP contribution in [0, 0.1) is 0 Å². The van der Waals surface area contributed by atoms with Gasteiger partial charge >= 0.3 is 11.9 Å². The van der Waals surface area contributed by atoms with Crippen molar-refractivity contribution < 1.29 is 75.4 Å². The van der Waals surface area contributed by atoms with Crippen molar-refractivity contribution in [2.24, 2.45) is 0 Å². The van der Waals surface area contributed by atoms with Gasteiger partial charge in [0, 0.05) is 67.4 Å². The number of benzene rings is 4. The first-order chi connectivity index (χ1) is 33.8.